The lowest BCUT2D eigenvalue weighted by Gasteiger charge is -2.08. The van der Waals surface area contributed by atoms with Gasteiger partial charge in [-0.2, -0.15) is 0 Å². The van der Waals surface area contributed by atoms with Crippen LogP contribution in [-0.4, -0.2) is 21.2 Å². The molecule has 2 rings (SSSR count). The van der Waals surface area contributed by atoms with E-state index in [4.69, 9.17) is 16.7 Å². The first kappa shape index (κ1) is 13.6. The number of hydrogen-bond donors (Lipinski definition) is 3. The molecular weight excluding hydrogens is 295 g/mol. The molecule has 0 unspecified atom stereocenters. The van der Waals surface area contributed by atoms with Crippen molar-refractivity contribution in [3.05, 3.63) is 39.1 Å². The molecule has 0 saturated heterocycles. The zero-order valence-corrected chi connectivity index (χ0v) is 10.9. The van der Waals surface area contributed by atoms with E-state index in [1.807, 2.05) is 0 Å². The van der Waals surface area contributed by atoms with Gasteiger partial charge in [0.1, 0.15) is 11.6 Å². The summed E-state index contributed by atoms with van der Waals surface area (Å²) in [6.45, 7) is 0.294. The number of phenolic OH excluding ortho intramolecular Hbond substituents is 1. The first-order valence-electron chi connectivity index (χ1n) is 5.07. The number of rotatable bonds is 4. The molecule has 1 aromatic carbocycles. The van der Waals surface area contributed by atoms with Crippen LogP contribution in [-0.2, 0) is 6.54 Å². The lowest BCUT2D eigenvalue weighted by atomic mass is 10.1. The molecule has 0 aliphatic heterocycles. The molecule has 0 atom stereocenters. The number of carboxylic acid groups (broad SMARTS) is 1. The molecular formula is C11H8ClFN2O3S. The van der Waals surface area contributed by atoms with Crippen LogP contribution < -0.4 is 5.32 Å². The fourth-order valence-electron chi connectivity index (χ4n) is 1.42. The molecule has 8 heteroatoms. The lowest BCUT2D eigenvalue weighted by Crippen LogP contribution is -2.04. The van der Waals surface area contributed by atoms with Gasteiger partial charge in [-0.1, -0.05) is 11.6 Å². The van der Waals surface area contributed by atoms with Crippen molar-refractivity contribution in [1.82, 2.24) is 4.98 Å². The number of hydrogen-bond acceptors (Lipinski definition) is 5. The Labute approximate surface area is 116 Å². The third kappa shape index (κ3) is 3.12. The number of halogens is 2. The normalized spacial score (nSPS) is 10.4. The summed E-state index contributed by atoms with van der Waals surface area (Å²) in [5.74, 6) is -2.75. The highest BCUT2D eigenvalue weighted by atomic mass is 35.5. The molecule has 2 aromatic rings. The molecule has 0 radical (unpaired) electrons. The molecule has 5 nitrogen and oxygen atoms in total. The second-order valence-corrected chi connectivity index (χ2v) is 5.28. The van der Waals surface area contributed by atoms with Gasteiger partial charge in [-0.25, -0.2) is 14.2 Å². The van der Waals surface area contributed by atoms with Crippen molar-refractivity contribution in [3.8, 4) is 5.75 Å². The van der Waals surface area contributed by atoms with Gasteiger partial charge >= 0.3 is 5.97 Å². The van der Waals surface area contributed by atoms with Crippen LogP contribution in [0.5, 0.6) is 5.75 Å². The Bertz CT molecular complexity index is 632. The molecule has 1 aromatic heterocycles. The molecule has 0 aliphatic carbocycles. The maximum absolute atomic E-state index is 13.3. The van der Waals surface area contributed by atoms with Gasteiger partial charge < -0.3 is 15.5 Å². The number of aromatic hydroxyl groups is 1. The van der Waals surface area contributed by atoms with Crippen LogP contribution in [0.25, 0.3) is 0 Å². The lowest BCUT2D eigenvalue weighted by molar-refractivity contribution is 0.0692. The van der Waals surface area contributed by atoms with E-state index in [-0.39, 0.29) is 11.4 Å². The SMILES string of the molecule is O=C(O)c1cc(NCc2cnc(Cl)s2)c(O)cc1F. The minimum absolute atomic E-state index is 0.128. The Kier molecular flexibility index (Phi) is 3.87. The number of carbonyl (C=O) groups is 1. The van der Waals surface area contributed by atoms with E-state index in [9.17, 15) is 14.3 Å². The molecule has 0 bridgehead atoms. The molecule has 1 heterocycles. The van der Waals surface area contributed by atoms with Crippen molar-refractivity contribution >= 4 is 34.6 Å². The maximum atomic E-state index is 13.3. The van der Waals surface area contributed by atoms with Gasteiger partial charge in [0.25, 0.3) is 0 Å². The first-order valence-corrected chi connectivity index (χ1v) is 6.26. The van der Waals surface area contributed by atoms with Gasteiger partial charge in [-0.15, -0.1) is 11.3 Å². The quantitative estimate of drug-likeness (QED) is 0.756. The zero-order valence-electron chi connectivity index (χ0n) is 9.35. The molecule has 0 fully saturated rings. The van der Waals surface area contributed by atoms with Crippen LogP contribution in [0.1, 0.15) is 15.2 Å². The van der Waals surface area contributed by atoms with Crippen molar-refractivity contribution in [1.29, 1.82) is 0 Å². The number of nitrogens with one attached hydrogen (secondary N) is 1. The van der Waals surface area contributed by atoms with Crippen molar-refractivity contribution in [2.45, 2.75) is 6.54 Å². The number of anilines is 1. The first-order chi connectivity index (χ1) is 8.97. The summed E-state index contributed by atoms with van der Waals surface area (Å²) in [6, 6.07) is 1.79. The van der Waals surface area contributed by atoms with Gasteiger partial charge in [0.15, 0.2) is 4.47 Å². The summed E-state index contributed by atoms with van der Waals surface area (Å²) in [5.41, 5.74) is -0.383. The van der Waals surface area contributed by atoms with Crippen LogP contribution in [0.3, 0.4) is 0 Å². The van der Waals surface area contributed by atoms with E-state index in [0.717, 1.165) is 17.0 Å². The Morgan fingerprint density at radius 2 is 2.26 bits per heavy atom. The summed E-state index contributed by atoms with van der Waals surface area (Å²) in [7, 11) is 0. The topological polar surface area (TPSA) is 82.5 Å². The fourth-order valence-corrected chi connectivity index (χ4v) is 2.33. The number of aromatic carboxylic acids is 1. The second kappa shape index (κ2) is 5.41. The van der Waals surface area contributed by atoms with E-state index >= 15 is 0 Å². The minimum Gasteiger partial charge on any atom is -0.506 e. The average molecular weight is 303 g/mol. The summed E-state index contributed by atoms with van der Waals surface area (Å²) < 4.78 is 13.6. The third-order valence-electron chi connectivity index (χ3n) is 2.29. The Morgan fingerprint density at radius 3 is 2.84 bits per heavy atom. The van der Waals surface area contributed by atoms with Crippen molar-refractivity contribution in [2.75, 3.05) is 5.32 Å². The Hall–Kier alpha value is -1.86. The number of thiazole rings is 1. The summed E-state index contributed by atoms with van der Waals surface area (Å²) in [4.78, 5) is 15.4. The summed E-state index contributed by atoms with van der Waals surface area (Å²) in [6.07, 6.45) is 1.55. The van der Waals surface area contributed by atoms with Crippen LogP contribution >= 0.6 is 22.9 Å². The highest BCUT2D eigenvalue weighted by molar-refractivity contribution is 7.15. The van der Waals surface area contributed by atoms with Gasteiger partial charge in [-0.05, 0) is 6.07 Å². The van der Waals surface area contributed by atoms with E-state index < -0.39 is 17.3 Å². The van der Waals surface area contributed by atoms with E-state index in [1.54, 1.807) is 6.20 Å². The molecule has 0 aliphatic rings. The van der Waals surface area contributed by atoms with Crippen molar-refractivity contribution in [2.24, 2.45) is 0 Å². The zero-order chi connectivity index (χ0) is 14.0. The highest BCUT2D eigenvalue weighted by Gasteiger charge is 2.14. The number of benzene rings is 1. The van der Waals surface area contributed by atoms with Crippen LogP contribution in [0.2, 0.25) is 4.47 Å². The third-order valence-corrected chi connectivity index (χ3v) is 3.41. The monoisotopic (exact) mass is 302 g/mol. The number of carboxylic acids is 1. The Balaban J connectivity index is 2.20. The predicted molar refractivity (Wildman–Crippen MR) is 69.5 cm³/mol. The second-order valence-electron chi connectivity index (χ2n) is 3.59. The number of nitrogens with zero attached hydrogens (tertiary/aromatic N) is 1. The van der Waals surface area contributed by atoms with Crippen molar-refractivity contribution in [3.63, 3.8) is 0 Å². The van der Waals surface area contributed by atoms with Gasteiger partial charge in [0, 0.05) is 17.1 Å². The molecule has 0 amide bonds. The van der Waals surface area contributed by atoms with Crippen molar-refractivity contribution < 1.29 is 19.4 Å². The summed E-state index contributed by atoms with van der Waals surface area (Å²) in [5, 5.41) is 21.1. The molecule has 19 heavy (non-hydrogen) atoms. The smallest absolute Gasteiger partial charge is 0.338 e. The molecule has 100 valence electrons. The van der Waals surface area contributed by atoms with Crippen LogP contribution in [0.15, 0.2) is 18.3 Å². The van der Waals surface area contributed by atoms with Gasteiger partial charge in [0.2, 0.25) is 0 Å². The van der Waals surface area contributed by atoms with E-state index in [0.29, 0.717) is 11.0 Å². The standard InChI is InChI=1S/C11H8ClFN2O3S/c12-11-15-4-5(19-11)3-14-8-1-6(10(17)18)7(13)2-9(8)16/h1-2,4,14,16H,3H2,(H,17,18). The minimum atomic E-state index is -1.40. The van der Waals surface area contributed by atoms with E-state index in [2.05, 4.69) is 10.3 Å². The molecule has 3 N–H and O–H groups in total. The Morgan fingerprint density at radius 1 is 1.53 bits per heavy atom. The highest BCUT2D eigenvalue weighted by Crippen LogP contribution is 2.28. The van der Waals surface area contributed by atoms with Gasteiger partial charge in [0.05, 0.1) is 17.8 Å². The average Bonchev–Trinajstić information content (AvgIpc) is 2.73. The molecule has 0 saturated carbocycles. The molecule has 0 spiro atoms. The van der Waals surface area contributed by atoms with Crippen LogP contribution in [0, 0.1) is 5.82 Å². The largest absolute Gasteiger partial charge is 0.506 e. The number of aromatic nitrogens is 1. The number of phenols is 1. The van der Waals surface area contributed by atoms with Gasteiger partial charge in [-0.3, -0.25) is 0 Å². The van der Waals surface area contributed by atoms with E-state index in [1.165, 1.54) is 11.3 Å². The predicted octanol–water partition coefficient (Wildman–Crippen LogP) is 2.95. The van der Waals surface area contributed by atoms with Crippen LogP contribution in [0.4, 0.5) is 10.1 Å². The fraction of sp³-hybridized carbons (Fsp3) is 0.0909. The maximum Gasteiger partial charge on any atom is 0.338 e. The summed E-state index contributed by atoms with van der Waals surface area (Å²) >= 11 is 6.91.